The zero-order valence-electron chi connectivity index (χ0n) is 17.0. The highest BCUT2D eigenvalue weighted by molar-refractivity contribution is 5.79. The van der Waals surface area contributed by atoms with Crippen LogP contribution in [0.2, 0.25) is 0 Å². The Hall–Kier alpha value is -0.850. The summed E-state index contributed by atoms with van der Waals surface area (Å²) >= 11 is 0. The van der Waals surface area contributed by atoms with Crippen LogP contribution in [-0.2, 0) is 9.47 Å². The van der Waals surface area contributed by atoms with Crippen molar-refractivity contribution >= 4 is 5.96 Å². The van der Waals surface area contributed by atoms with E-state index < -0.39 is 0 Å². The number of aliphatic hydroxyl groups excluding tert-OH is 1. The van der Waals surface area contributed by atoms with Crippen LogP contribution in [0.15, 0.2) is 4.99 Å². The second-order valence-corrected chi connectivity index (χ2v) is 7.23. The average molecular weight is 372 g/mol. The molecule has 0 radical (unpaired) electrons. The standard InChI is InChI=1S/C20H41N3O3/c1-3-5-14-25-16-17-26-15-12-22-19(21-4-2)23-18-20(11-13-24)9-7-6-8-10-20/h24H,3-18H2,1-2H3,(H2,21,22,23). The van der Waals surface area contributed by atoms with E-state index in [0.29, 0.717) is 19.8 Å². The normalized spacial score (nSPS) is 17.3. The molecule has 0 aromatic heterocycles. The molecule has 26 heavy (non-hydrogen) atoms. The van der Waals surface area contributed by atoms with Gasteiger partial charge in [0.25, 0.3) is 0 Å². The van der Waals surface area contributed by atoms with Gasteiger partial charge in [0, 0.05) is 32.8 Å². The third-order valence-electron chi connectivity index (χ3n) is 5.03. The summed E-state index contributed by atoms with van der Waals surface area (Å²) in [5, 5.41) is 16.1. The molecule has 1 rings (SSSR count). The van der Waals surface area contributed by atoms with Crippen molar-refractivity contribution in [3.8, 4) is 0 Å². The Kier molecular flexibility index (Phi) is 13.6. The summed E-state index contributed by atoms with van der Waals surface area (Å²) in [5.41, 5.74) is 0.182. The van der Waals surface area contributed by atoms with Gasteiger partial charge in [0.2, 0.25) is 0 Å². The predicted octanol–water partition coefficient (Wildman–Crippen LogP) is 2.71. The second kappa shape index (κ2) is 15.2. The van der Waals surface area contributed by atoms with E-state index in [1.807, 2.05) is 0 Å². The van der Waals surface area contributed by atoms with Gasteiger partial charge in [-0.3, -0.25) is 4.99 Å². The molecule has 1 aliphatic carbocycles. The van der Waals surface area contributed by atoms with Crippen LogP contribution in [0.25, 0.3) is 0 Å². The van der Waals surface area contributed by atoms with E-state index >= 15 is 0 Å². The summed E-state index contributed by atoms with van der Waals surface area (Å²) in [7, 11) is 0. The predicted molar refractivity (Wildman–Crippen MR) is 108 cm³/mol. The lowest BCUT2D eigenvalue weighted by molar-refractivity contribution is 0.0487. The first-order chi connectivity index (χ1) is 12.8. The summed E-state index contributed by atoms with van der Waals surface area (Å²) in [6.45, 7) is 9.62. The van der Waals surface area contributed by atoms with Crippen molar-refractivity contribution < 1.29 is 14.6 Å². The van der Waals surface area contributed by atoms with Crippen LogP contribution < -0.4 is 10.6 Å². The molecular weight excluding hydrogens is 330 g/mol. The molecule has 3 N–H and O–H groups in total. The minimum atomic E-state index is 0.182. The Bertz CT molecular complexity index is 353. The largest absolute Gasteiger partial charge is 0.396 e. The first-order valence-corrected chi connectivity index (χ1v) is 10.5. The molecule has 1 aliphatic rings. The maximum absolute atomic E-state index is 9.44. The van der Waals surface area contributed by atoms with E-state index in [4.69, 9.17) is 14.5 Å². The fraction of sp³-hybridized carbons (Fsp3) is 0.950. The van der Waals surface area contributed by atoms with Gasteiger partial charge in [0.05, 0.1) is 19.8 Å². The summed E-state index contributed by atoms with van der Waals surface area (Å²) < 4.78 is 11.1. The average Bonchev–Trinajstić information content (AvgIpc) is 2.66. The summed E-state index contributed by atoms with van der Waals surface area (Å²) in [4.78, 5) is 4.80. The number of ether oxygens (including phenoxy) is 2. The molecule has 0 heterocycles. The van der Waals surface area contributed by atoms with E-state index in [1.165, 1.54) is 32.1 Å². The van der Waals surface area contributed by atoms with E-state index in [-0.39, 0.29) is 12.0 Å². The van der Waals surface area contributed by atoms with Crippen molar-refractivity contribution in [3.05, 3.63) is 0 Å². The highest BCUT2D eigenvalue weighted by atomic mass is 16.5. The Morgan fingerprint density at radius 2 is 1.73 bits per heavy atom. The highest BCUT2D eigenvalue weighted by Crippen LogP contribution is 2.39. The van der Waals surface area contributed by atoms with Crippen LogP contribution in [0.3, 0.4) is 0 Å². The molecule has 0 aliphatic heterocycles. The molecule has 154 valence electrons. The monoisotopic (exact) mass is 371 g/mol. The maximum atomic E-state index is 9.44. The van der Waals surface area contributed by atoms with Gasteiger partial charge >= 0.3 is 0 Å². The van der Waals surface area contributed by atoms with Crippen LogP contribution in [0.1, 0.15) is 65.2 Å². The fourth-order valence-electron chi connectivity index (χ4n) is 3.42. The number of unbranched alkanes of at least 4 members (excludes halogenated alkanes) is 1. The molecule has 0 amide bonds. The first kappa shape index (κ1) is 23.2. The van der Waals surface area contributed by atoms with Crippen LogP contribution in [0.5, 0.6) is 0 Å². The third-order valence-corrected chi connectivity index (χ3v) is 5.03. The molecule has 0 atom stereocenters. The molecule has 1 fully saturated rings. The molecule has 0 saturated heterocycles. The van der Waals surface area contributed by atoms with Crippen molar-refractivity contribution in [3.63, 3.8) is 0 Å². The zero-order valence-corrected chi connectivity index (χ0v) is 17.0. The third kappa shape index (κ3) is 10.3. The first-order valence-electron chi connectivity index (χ1n) is 10.5. The van der Waals surface area contributed by atoms with Crippen molar-refractivity contribution in [2.75, 3.05) is 52.7 Å². The lowest BCUT2D eigenvalue weighted by atomic mass is 9.72. The quantitative estimate of drug-likeness (QED) is 0.249. The number of nitrogens with zero attached hydrogens (tertiary/aromatic N) is 1. The number of rotatable bonds is 14. The number of hydrogen-bond donors (Lipinski definition) is 3. The number of aliphatic hydroxyl groups is 1. The molecule has 1 saturated carbocycles. The second-order valence-electron chi connectivity index (χ2n) is 7.23. The zero-order chi connectivity index (χ0) is 18.9. The van der Waals surface area contributed by atoms with E-state index in [1.54, 1.807) is 0 Å². The molecule has 0 unspecified atom stereocenters. The van der Waals surface area contributed by atoms with Crippen LogP contribution in [-0.4, -0.2) is 63.7 Å². The number of aliphatic imine (C=N–C) groups is 1. The highest BCUT2D eigenvalue weighted by Gasteiger charge is 2.31. The number of hydrogen-bond acceptors (Lipinski definition) is 4. The van der Waals surface area contributed by atoms with Gasteiger partial charge in [0.1, 0.15) is 0 Å². The van der Waals surface area contributed by atoms with Crippen molar-refractivity contribution in [1.82, 2.24) is 10.6 Å². The van der Waals surface area contributed by atoms with Gasteiger partial charge in [-0.1, -0.05) is 32.6 Å². The van der Waals surface area contributed by atoms with Gasteiger partial charge in [-0.05, 0) is 38.0 Å². The Balaban J connectivity index is 2.27. The summed E-state index contributed by atoms with van der Waals surface area (Å²) in [6, 6.07) is 0. The van der Waals surface area contributed by atoms with Gasteiger partial charge in [0.15, 0.2) is 5.96 Å². The van der Waals surface area contributed by atoms with Crippen LogP contribution in [0.4, 0.5) is 0 Å². The minimum Gasteiger partial charge on any atom is -0.396 e. The molecular formula is C20H41N3O3. The maximum Gasteiger partial charge on any atom is 0.191 e. The minimum absolute atomic E-state index is 0.182. The van der Waals surface area contributed by atoms with Gasteiger partial charge in [-0.2, -0.15) is 0 Å². The number of nitrogens with one attached hydrogen (secondary N) is 2. The molecule has 6 nitrogen and oxygen atoms in total. The van der Waals surface area contributed by atoms with Crippen molar-refractivity contribution in [2.45, 2.75) is 65.2 Å². The number of guanidine groups is 1. The molecule has 0 aromatic rings. The molecule has 6 heteroatoms. The topological polar surface area (TPSA) is 75.1 Å². The van der Waals surface area contributed by atoms with Gasteiger partial charge in [-0.15, -0.1) is 0 Å². The SMILES string of the molecule is CCCCOCCOCCNC(=NCC1(CCO)CCCCC1)NCC. The van der Waals surface area contributed by atoms with Crippen LogP contribution in [0, 0.1) is 5.41 Å². The van der Waals surface area contributed by atoms with E-state index in [9.17, 15) is 5.11 Å². The van der Waals surface area contributed by atoms with E-state index in [0.717, 1.165) is 51.5 Å². The Morgan fingerprint density at radius 1 is 1.00 bits per heavy atom. The van der Waals surface area contributed by atoms with Gasteiger partial charge in [-0.25, -0.2) is 0 Å². The van der Waals surface area contributed by atoms with E-state index in [2.05, 4.69) is 24.5 Å². The van der Waals surface area contributed by atoms with Gasteiger partial charge < -0.3 is 25.2 Å². The van der Waals surface area contributed by atoms with Crippen LogP contribution >= 0.6 is 0 Å². The summed E-state index contributed by atoms with van der Waals surface area (Å²) in [5.74, 6) is 0.846. The Morgan fingerprint density at radius 3 is 2.38 bits per heavy atom. The van der Waals surface area contributed by atoms with Crippen molar-refractivity contribution in [2.24, 2.45) is 10.4 Å². The smallest absolute Gasteiger partial charge is 0.191 e. The lowest BCUT2D eigenvalue weighted by Gasteiger charge is -2.35. The Labute approximate surface area is 160 Å². The van der Waals surface area contributed by atoms with Crippen molar-refractivity contribution in [1.29, 1.82) is 0 Å². The lowest BCUT2D eigenvalue weighted by Crippen LogP contribution is -2.40. The summed E-state index contributed by atoms with van der Waals surface area (Å²) in [6.07, 6.45) is 9.32. The fourth-order valence-corrected chi connectivity index (χ4v) is 3.42. The molecule has 0 spiro atoms. The molecule has 0 aromatic carbocycles. The molecule has 0 bridgehead atoms.